The molecule has 4 nitrogen and oxygen atoms in total. The van der Waals surface area contributed by atoms with Crippen LogP contribution in [0, 0.1) is 6.92 Å². The highest BCUT2D eigenvalue weighted by atomic mass is 32.2. The fraction of sp³-hybridized carbons (Fsp3) is 0.267. The lowest BCUT2D eigenvalue weighted by atomic mass is 10.2. The van der Waals surface area contributed by atoms with Crippen molar-refractivity contribution in [3.63, 3.8) is 0 Å². The van der Waals surface area contributed by atoms with Crippen LogP contribution in [0.25, 0.3) is 0 Å². The number of hydrogen-bond donors (Lipinski definition) is 1. The molecule has 0 unspecified atom stereocenters. The van der Waals surface area contributed by atoms with E-state index in [9.17, 15) is 9.59 Å². The average Bonchev–Trinajstić information content (AvgIpc) is 2.48. The topological polar surface area (TPSA) is 62.8 Å². The zero-order chi connectivity index (χ0) is 14.5. The molecule has 2 rings (SSSR count). The van der Waals surface area contributed by atoms with Gasteiger partial charge in [0, 0.05) is 11.1 Å². The van der Waals surface area contributed by atoms with Gasteiger partial charge in [-0.2, -0.15) is 0 Å². The summed E-state index contributed by atoms with van der Waals surface area (Å²) in [4.78, 5) is 30.8. The molecule has 0 fully saturated rings. The number of Topliss-reactive ketones (excluding diaryl/α,β-unsaturated/α-hetero) is 1. The Balaban J connectivity index is 2.10. The largest absolute Gasteiger partial charge is 0.301 e. The van der Waals surface area contributed by atoms with Gasteiger partial charge in [0.05, 0.1) is 11.4 Å². The van der Waals surface area contributed by atoms with Crippen molar-refractivity contribution in [1.82, 2.24) is 9.97 Å². The van der Waals surface area contributed by atoms with Crippen LogP contribution in [0.5, 0.6) is 0 Å². The Morgan fingerprint density at radius 1 is 1.30 bits per heavy atom. The summed E-state index contributed by atoms with van der Waals surface area (Å²) in [6, 6.07) is 9.10. The second-order valence-electron chi connectivity index (χ2n) is 4.37. The van der Waals surface area contributed by atoms with Gasteiger partial charge in [-0.25, -0.2) is 4.98 Å². The van der Waals surface area contributed by atoms with Crippen LogP contribution in [0.3, 0.4) is 0 Å². The molecule has 20 heavy (non-hydrogen) atoms. The molecule has 104 valence electrons. The number of nitrogens with zero attached hydrogens (tertiary/aromatic N) is 1. The van der Waals surface area contributed by atoms with Gasteiger partial charge in [-0.05, 0) is 13.3 Å². The molecule has 0 atom stereocenters. The Bertz CT molecular complexity index is 665. The van der Waals surface area contributed by atoms with Gasteiger partial charge in [0.25, 0.3) is 5.56 Å². The maximum absolute atomic E-state index is 12.0. The van der Waals surface area contributed by atoms with Crippen molar-refractivity contribution < 1.29 is 4.79 Å². The molecule has 0 spiro atoms. The lowest BCUT2D eigenvalue weighted by Gasteiger charge is -2.05. The second-order valence-corrected chi connectivity index (χ2v) is 5.34. The highest BCUT2D eigenvalue weighted by Gasteiger charge is 2.10. The number of carbonyl (C=O) groups excluding carboxylic acids is 1. The Labute approximate surface area is 121 Å². The lowest BCUT2D eigenvalue weighted by molar-refractivity contribution is 0.102. The highest BCUT2D eigenvalue weighted by Crippen LogP contribution is 2.15. The normalized spacial score (nSPS) is 10.5. The second kappa shape index (κ2) is 6.52. The number of ketones is 1. The molecule has 1 aromatic heterocycles. The minimum Gasteiger partial charge on any atom is -0.301 e. The number of rotatable bonds is 5. The van der Waals surface area contributed by atoms with Crippen molar-refractivity contribution in [2.75, 3.05) is 5.75 Å². The summed E-state index contributed by atoms with van der Waals surface area (Å²) in [6.45, 7) is 3.71. The molecule has 0 aliphatic carbocycles. The number of hydrogen-bond acceptors (Lipinski definition) is 4. The number of aryl methyl sites for hydroxylation is 1. The first kappa shape index (κ1) is 14.5. The van der Waals surface area contributed by atoms with Gasteiger partial charge < -0.3 is 4.98 Å². The monoisotopic (exact) mass is 288 g/mol. The van der Waals surface area contributed by atoms with E-state index in [0.717, 1.165) is 5.69 Å². The summed E-state index contributed by atoms with van der Waals surface area (Å²) >= 11 is 1.26. The van der Waals surface area contributed by atoms with E-state index in [4.69, 9.17) is 0 Å². The van der Waals surface area contributed by atoms with E-state index in [1.165, 1.54) is 11.8 Å². The van der Waals surface area contributed by atoms with E-state index in [0.29, 0.717) is 22.7 Å². The molecule has 5 heteroatoms. The number of aromatic amines is 1. The molecule has 0 bridgehead atoms. The third-order valence-corrected chi connectivity index (χ3v) is 3.87. The highest BCUT2D eigenvalue weighted by molar-refractivity contribution is 7.99. The van der Waals surface area contributed by atoms with Crippen LogP contribution in [0.4, 0.5) is 0 Å². The molecule has 1 N–H and O–H groups in total. The molecule has 0 saturated carbocycles. The predicted octanol–water partition coefficient (Wildman–Crippen LogP) is 2.62. The van der Waals surface area contributed by atoms with Crippen LogP contribution in [-0.2, 0) is 6.42 Å². The van der Waals surface area contributed by atoms with Crippen molar-refractivity contribution in [3.05, 3.63) is 57.5 Å². The smallest absolute Gasteiger partial charge is 0.254 e. The van der Waals surface area contributed by atoms with Gasteiger partial charge in [-0.3, -0.25) is 9.59 Å². The number of benzene rings is 1. The first-order chi connectivity index (χ1) is 9.61. The summed E-state index contributed by atoms with van der Waals surface area (Å²) < 4.78 is 0. The van der Waals surface area contributed by atoms with Crippen LogP contribution in [0.15, 0.2) is 40.3 Å². The number of H-pyrrole nitrogens is 1. The summed E-state index contributed by atoms with van der Waals surface area (Å²) in [5.74, 6) is 0.288. The molecule has 0 radical (unpaired) electrons. The molecule has 1 aromatic carbocycles. The standard InChI is InChI=1S/C15H16N2O2S/c1-3-12-10(2)14(19)17-15(16-12)20-9-13(18)11-7-5-4-6-8-11/h4-8H,3,9H2,1-2H3,(H,16,17,19). The van der Waals surface area contributed by atoms with Crippen molar-refractivity contribution in [1.29, 1.82) is 0 Å². The third-order valence-electron chi connectivity index (χ3n) is 3.00. The molecule has 1 heterocycles. The quantitative estimate of drug-likeness (QED) is 0.522. The van der Waals surface area contributed by atoms with Crippen LogP contribution < -0.4 is 5.56 Å². The summed E-state index contributed by atoms with van der Waals surface area (Å²) in [5, 5.41) is 0.502. The van der Waals surface area contributed by atoms with Gasteiger partial charge in [-0.1, -0.05) is 49.0 Å². The zero-order valence-corrected chi connectivity index (χ0v) is 12.3. The molecule has 0 aliphatic rings. The average molecular weight is 288 g/mol. The Morgan fingerprint density at radius 2 is 2.00 bits per heavy atom. The molecule has 0 saturated heterocycles. The summed E-state index contributed by atoms with van der Waals surface area (Å²) in [5.41, 5.74) is 1.96. The molecular formula is C15H16N2O2S. The van der Waals surface area contributed by atoms with E-state index < -0.39 is 0 Å². The lowest BCUT2D eigenvalue weighted by Crippen LogP contribution is -2.16. The SMILES string of the molecule is CCc1nc(SCC(=O)c2ccccc2)[nH]c(=O)c1C. The van der Waals surface area contributed by atoms with E-state index in [1.54, 1.807) is 19.1 Å². The molecular weight excluding hydrogens is 272 g/mol. The third kappa shape index (κ3) is 3.36. The van der Waals surface area contributed by atoms with E-state index in [1.807, 2.05) is 25.1 Å². The van der Waals surface area contributed by atoms with Crippen LogP contribution in [0.1, 0.15) is 28.5 Å². The van der Waals surface area contributed by atoms with Crippen LogP contribution in [0.2, 0.25) is 0 Å². The van der Waals surface area contributed by atoms with Crippen molar-refractivity contribution in [2.24, 2.45) is 0 Å². The van der Waals surface area contributed by atoms with E-state index in [-0.39, 0.29) is 17.1 Å². The van der Waals surface area contributed by atoms with Gasteiger partial charge in [0.2, 0.25) is 0 Å². The van der Waals surface area contributed by atoms with Crippen molar-refractivity contribution >= 4 is 17.5 Å². The fourth-order valence-electron chi connectivity index (χ4n) is 1.81. The maximum atomic E-state index is 12.0. The first-order valence-electron chi connectivity index (χ1n) is 6.42. The Kier molecular flexibility index (Phi) is 4.74. The zero-order valence-electron chi connectivity index (χ0n) is 11.5. The van der Waals surface area contributed by atoms with Crippen LogP contribution >= 0.6 is 11.8 Å². The summed E-state index contributed by atoms with van der Waals surface area (Å²) in [7, 11) is 0. The minimum atomic E-state index is -0.133. The number of thioether (sulfide) groups is 1. The Hall–Kier alpha value is -1.88. The first-order valence-corrected chi connectivity index (χ1v) is 7.41. The van der Waals surface area contributed by atoms with E-state index >= 15 is 0 Å². The molecule has 2 aromatic rings. The fourth-order valence-corrected chi connectivity index (χ4v) is 2.58. The Morgan fingerprint density at radius 3 is 2.65 bits per heavy atom. The molecule has 0 aliphatic heterocycles. The van der Waals surface area contributed by atoms with E-state index in [2.05, 4.69) is 9.97 Å². The van der Waals surface area contributed by atoms with Crippen molar-refractivity contribution in [3.8, 4) is 0 Å². The van der Waals surface area contributed by atoms with Crippen molar-refractivity contribution in [2.45, 2.75) is 25.4 Å². The van der Waals surface area contributed by atoms with Crippen LogP contribution in [-0.4, -0.2) is 21.5 Å². The molecule has 0 amide bonds. The predicted molar refractivity (Wildman–Crippen MR) is 80.5 cm³/mol. The van der Waals surface area contributed by atoms with Gasteiger partial charge in [0.15, 0.2) is 10.9 Å². The number of carbonyl (C=O) groups is 1. The van der Waals surface area contributed by atoms with Gasteiger partial charge in [-0.15, -0.1) is 0 Å². The van der Waals surface area contributed by atoms with Gasteiger partial charge >= 0.3 is 0 Å². The number of aromatic nitrogens is 2. The summed E-state index contributed by atoms with van der Waals surface area (Å²) in [6.07, 6.45) is 0.704. The maximum Gasteiger partial charge on any atom is 0.254 e. The van der Waals surface area contributed by atoms with Gasteiger partial charge in [0.1, 0.15) is 0 Å². The number of nitrogens with one attached hydrogen (secondary N) is 1. The minimum absolute atomic E-state index is 0.0249.